The highest BCUT2D eigenvalue weighted by Crippen LogP contribution is 2.00. The Morgan fingerprint density at radius 3 is 3.25 bits per heavy atom. The predicted molar refractivity (Wildman–Crippen MR) is 28.8 cm³/mol. The smallest absolute Gasteiger partial charge is 0.266 e. The summed E-state index contributed by atoms with van der Waals surface area (Å²) >= 11 is 0. The second-order valence-electron chi connectivity index (χ2n) is 1.13. The van der Waals surface area contributed by atoms with Crippen LogP contribution in [0.1, 0.15) is 0 Å². The highest BCUT2D eigenvalue weighted by molar-refractivity contribution is 5.22. The van der Waals surface area contributed by atoms with Gasteiger partial charge in [0.05, 0.1) is 0 Å². The molecule has 0 radical (unpaired) electrons. The second-order valence-corrected chi connectivity index (χ2v) is 1.13. The van der Waals surface area contributed by atoms with Crippen LogP contribution in [-0.2, 0) is 0 Å². The van der Waals surface area contributed by atoms with Gasteiger partial charge in [-0.2, -0.15) is 0 Å². The third-order valence-electron chi connectivity index (χ3n) is 0.633. The molecule has 0 aliphatic rings. The molecule has 0 fully saturated rings. The van der Waals surface area contributed by atoms with Crippen molar-refractivity contribution in [2.24, 2.45) is 5.16 Å². The Labute approximate surface area is 46.2 Å². The monoisotopic (exact) mass is 111 g/mol. The maximum atomic E-state index is 4.52. The molecule has 0 spiro atoms. The van der Waals surface area contributed by atoms with Crippen molar-refractivity contribution in [2.75, 3.05) is 0 Å². The molecular formula is C4H5N3O. The predicted octanol–water partition coefficient (Wildman–Crippen LogP) is 0.404. The van der Waals surface area contributed by atoms with E-state index in [1.165, 1.54) is 0 Å². The zero-order valence-corrected chi connectivity index (χ0v) is 4.16. The highest BCUT2D eigenvalue weighted by atomic mass is 16.6. The Kier molecular flexibility index (Phi) is 1.27. The van der Waals surface area contributed by atoms with Crippen LogP contribution in [0.25, 0.3) is 0 Å². The highest BCUT2D eigenvalue weighted by Gasteiger charge is 1.87. The maximum Gasteiger partial charge on any atom is 0.266 e. The summed E-state index contributed by atoms with van der Waals surface area (Å²) in [5.41, 5.74) is 0. The maximum absolute atomic E-state index is 4.52. The Hall–Kier alpha value is -1.32. The summed E-state index contributed by atoms with van der Waals surface area (Å²) in [7, 11) is 0. The van der Waals surface area contributed by atoms with Crippen molar-refractivity contribution in [3.05, 3.63) is 12.3 Å². The van der Waals surface area contributed by atoms with Gasteiger partial charge in [0.15, 0.2) is 0 Å². The molecule has 1 heterocycles. The Balaban J connectivity index is 2.62. The average molecular weight is 111 g/mol. The molecule has 4 heteroatoms. The summed E-state index contributed by atoms with van der Waals surface area (Å²) in [6, 6.07) is 1.65. The fraction of sp³-hybridized carbons (Fsp3) is 0. The molecule has 0 unspecified atom stereocenters. The zero-order valence-electron chi connectivity index (χ0n) is 4.16. The van der Waals surface area contributed by atoms with Gasteiger partial charge in [0.2, 0.25) is 0 Å². The number of nitrogens with zero attached hydrogens (tertiary/aromatic N) is 2. The molecule has 0 aliphatic heterocycles. The van der Waals surface area contributed by atoms with Crippen LogP contribution in [0.5, 0.6) is 5.88 Å². The molecule has 0 aromatic carbocycles. The average Bonchev–Trinajstić information content (AvgIpc) is 2.19. The number of rotatable bonds is 2. The van der Waals surface area contributed by atoms with E-state index in [-0.39, 0.29) is 0 Å². The van der Waals surface area contributed by atoms with E-state index in [9.17, 15) is 0 Å². The van der Waals surface area contributed by atoms with Crippen molar-refractivity contribution in [3.63, 3.8) is 0 Å². The van der Waals surface area contributed by atoms with Gasteiger partial charge in [-0.15, -0.1) is 5.10 Å². The summed E-state index contributed by atoms with van der Waals surface area (Å²) in [5.74, 6) is 0.431. The number of H-pyrrole nitrogens is 1. The molecule has 0 saturated carbocycles. The molecule has 1 rings (SSSR count). The topological polar surface area (TPSA) is 50.3 Å². The molecule has 0 bridgehead atoms. The largest absolute Gasteiger partial charge is 0.336 e. The van der Waals surface area contributed by atoms with Gasteiger partial charge < -0.3 is 4.84 Å². The Bertz CT molecular complexity index is 158. The van der Waals surface area contributed by atoms with Crippen LogP contribution in [0, 0.1) is 0 Å². The van der Waals surface area contributed by atoms with Gasteiger partial charge >= 0.3 is 0 Å². The molecule has 1 N–H and O–H groups in total. The standard InChI is InChI=1S/C4H5N3O/c1-5-8-4-2-3-6-7-4/h2-3H,1H2,(H,6,7). The van der Waals surface area contributed by atoms with Crippen LogP contribution in [0.3, 0.4) is 0 Å². The van der Waals surface area contributed by atoms with Crippen molar-refractivity contribution in [3.8, 4) is 5.88 Å². The van der Waals surface area contributed by atoms with Crippen molar-refractivity contribution >= 4 is 6.72 Å². The van der Waals surface area contributed by atoms with Crippen molar-refractivity contribution in [1.82, 2.24) is 10.2 Å². The molecule has 1 aromatic rings. The van der Waals surface area contributed by atoms with Gasteiger partial charge in [0, 0.05) is 19.0 Å². The summed E-state index contributed by atoms with van der Waals surface area (Å²) in [5, 5.41) is 9.32. The van der Waals surface area contributed by atoms with E-state index in [2.05, 4.69) is 26.9 Å². The molecule has 0 saturated heterocycles. The van der Waals surface area contributed by atoms with E-state index in [4.69, 9.17) is 0 Å². The minimum Gasteiger partial charge on any atom is -0.336 e. The molecule has 8 heavy (non-hydrogen) atoms. The van der Waals surface area contributed by atoms with E-state index < -0.39 is 0 Å². The number of aromatic amines is 1. The minimum atomic E-state index is 0.431. The lowest BCUT2D eigenvalue weighted by atomic mass is 10.7. The van der Waals surface area contributed by atoms with Crippen LogP contribution in [0.4, 0.5) is 0 Å². The van der Waals surface area contributed by atoms with E-state index in [0.717, 1.165) is 0 Å². The van der Waals surface area contributed by atoms with Crippen LogP contribution in [0.2, 0.25) is 0 Å². The van der Waals surface area contributed by atoms with E-state index in [1.54, 1.807) is 12.3 Å². The number of oxime groups is 1. The first-order valence-electron chi connectivity index (χ1n) is 2.06. The van der Waals surface area contributed by atoms with Crippen molar-refractivity contribution < 1.29 is 4.84 Å². The second kappa shape index (κ2) is 2.11. The lowest BCUT2D eigenvalue weighted by molar-refractivity contribution is 0.331. The van der Waals surface area contributed by atoms with Crippen LogP contribution in [-0.4, -0.2) is 16.9 Å². The number of aromatic nitrogens is 2. The molecule has 0 aliphatic carbocycles. The third-order valence-corrected chi connectivity index (χ3v) is 0.633. The normalized spacial score (nSPS) is 8.50. The third kappa shape index (κ3) is 0.841. The lowest BCUT2D eigenvalue weighted by Gasteiger charge is -1.84. The molecule has 0 amide bonds. The van der Waals surface area contributed by atoms with Gasteiger partial charge in [-0.25, -0.2) is 0 Å². The fourth-order valence-electron chi connectivity index (χ4n) is 0.364. The van der Waals surface area contributed by atoms with Crippen LogP contribution >= 0.6 is 0 Å². The first kappa shape index (κ1) is 4.83. The van der Waals surface area contributed by atoms with Gasteiger partial charge in [-0.3, -0.25) is 5.10 Å². The SMILES string of the molecule is C=NOc1cc[nH]n1. The number of nitrogens with one attached hydrogen (secondary N) is 1. The van der Waals surface area contributed by atoms with Gasteiger partial charge in [0.1, 0.15) is 0 Å². The quantitative estimate of drug-likeness (QED) is 0.443. The van der Waals surface area contributed by atoms with Gasteiger partial charge in [-0.1, -0.05) is 5.16 Å². The van der Waals surface area contributed by atoms with E-state index in [1.807, 2.05) is 0 Å². The summed E-state index contributed by atoms with van der Waals surface area (Å²) in [6.07, 6.45) is 1.64. The van der Waals surface area contributed by atoms with Crippen molar-refractivity contribution in [1.29, 1.82) is 0 Å². The summed E-state index contributed by atoms with van der Waals surface area (Å²) in [4.78, 5) is 4.52. The first-order valence-corrected chi connectivity index (χ1v) is 2.06. The molecule has 0 atom stereocenters. The molecule has 42 valence electrons. The Morgan fingerprint density at radius 1 is 1.88 bits per heavy atom. The minimum absolute atomic E-state index is 0.431. The van der Waals surface area contributed by atoms with Crippen molar-refractivity contribution in [2.45, 2.75) is 0 Å². The molecule has 4 nitrogen and oxygen atoms in total. The summed E-state index contributed by atoms with van der Waals surface area (Å²) in [6.45, 7) is 3.11. The van der Waals surface area contributed by atoms with E-state index in [0.29, 0.717) is 5.88 Å². The Morgan fingerprint density at radius 2 is 2.75 bits per heavy atom. The number of hydrogen-bond acceptors (Lipinski definition) is 3. The molecule has 1 aromatic heterocycles. The summed E-state index contributed by atoms with van der Waals surface area (Å²) < 4.78 is 0. The van der Waals surface area contributed by atoms with E-state index >= 15 is 0 Å². The zero-order chi connectivity index (χ0) is 5.82. The van der Waals surface area contributed by atoms with Gasteiger partial charge in [0.25, 0.3) is 5.88 Å². The number of hydrogen-bond donors (Lipinski definition) is 1. The molecular weight excluding hydrogens is 106 g/mol. The van der Waals surface area contributed by atoms with Crippen LogP contribution in [0.15, 0.2) is 17.4 Å². The van der Waals surface area contributed by atoms with Crippen LogP contribution < -0.4 is 4.84 Å². The lowest BCUT2D eigenvalue weighted by Crippen LogP contribution is -1.78. The first-order chi connectivity index (χ1) is 3.93. The fourth-order valence-corrected chi connectivity index (χ4v) is 0.364. The van der Waals surface area contributed by atoms with Gasteiger partial charge in [-0.05, 0) is 0 Å².